The van der Waals surface area contributed by atoms with Crippen LogP contribution in [0.1, 0.15) is 35.7 Å². The monoisotopic (exact) mass is 420 g/mol. The first-order valence-corrected chi connectivity index (χ1v) is 10.1. The van der Waals surface area contributed by atoms with Gasteiger partial charge < -0.3 is 25.8 Å². The highest BCUT2D eigenvalue weighted by atomic mass is 16.5. The van der Waals surface area contributed by atoms with Crippen molar-refractivity contribution in [1.82, 2.24) is 10.3 Å². The third-order valence-corrected chi connectivity index (χ3v) is 5.13. The lowest BCUT2D eigenvalue weighted by molar-refractivity contribution is 0.0997. The first-order chi connectivity index (χ1) is 15.0. The topological polar surface area (TPSA) is 116 Å². The van der Waals surface area contributed by atoms with Crippen molar-refractivity contribution >= 4 is 28.5 Å². The third-order valence-electron chi connectivity index (χ3n) is 5.13. The first-order valence-electron chi connectivity index (χ1n) is 10.1. The zero-order chi connectivity index (χ0) is 22.0. The second kappa shape index (κ2) is 8.51. The van der Waals surface area contributed by atoms with Gasteiger partial charge in [-0.3, -0.25) is 9.78 Å². The number of carbonyl (C=O) groups excluding carboxylic acids is 2. The molecule has 0 atom stereocenters. The first kappa shape index (κ1) is 20.5. The fraction of sp³-hybridized carbons (Fsp3) is 0.261. The molecule has 1 aliphatic rings. The van der Waals surface area contributed by atoms with Crippen LogP contribution in [-0.2, 0) is 6.42 Å². The van der Waals surface area contributed by atoms with E-state index in [1.165, 1.54) is 7.11 Å². The van der Waals surface area contributed by atoms with Crippen LogP contribution in [0.3, 0.4) is 0 Å². The molecule has 0 saturated heterocycles. The summed E-state index contributed by atoms with van der Waals surface area (Å²) in [6.45, 7) is 2.01. The molecule has 2 aromatic carbocycles. The predicted octanol–water partition coefficient (Wildman–Crippen LogP) is 3.98. The van der Waals surface area contributed by atoms with Gasteiger partial charge in [0.15, 0.2) is 0 Å². The van der Waals surface area contributed by atoms with Gasteiger partial charge in [-0.05, 0) is 55.2 Å². The van der Waals surface area contributed by atoms with Gasteiger partial charge in [0.2, 0.25) is 0 Å². The Hall–Kier alpha value is -3.81. The Morgan fingerprint density at radius 1 is 1.16 bits per heavy atom. The lowest BCUT2D eigenvalue weighted by Crippen LogP contribution is -2.30. The zero-order valence-electron chi connectivity index (χ0n) is 17.4. The lowest BCUT2D eigenvalue weighted by Gasteiger charge is -2.14. The van der Waals surface area contributed by atoms with Crippen LogP contribution in [0.4, 0.5) is 10.5 Å². The van der Waals surface area contributed by atoms with Gasteiger partial charge >= 0.3 is 6.03 Å². The maximum absolute atomic E-state index is 12.1. The van der Waals surface area contributed by atoms with Gasteiger partial charge in [0.25, 0.3) is 5.91 Å². The molecule has 1 aliphatic carbocycles. The number of methoxy groups -OCH3 is 1. The summed E-state index contributed by atoms with van der Waals surface area (Å²) in [5.74, 6) is 0.901. The average Bonchev–Trinajstić information content (AvgIpc) is 3.57. The van der Waals surface area contributed by atoms with Gasteiger partial charge in [-0.15, -0.1) is 0 Å². The Kier molecular flexibility index (Phi) is 5.62. The van der Waals surface area contributed by atoms with Crippen molar-refractivity contribution in [2.75, 3.05) is 12.4 Å². The number of carbonyl (C=O) groups is 2. The van der Waals surface area contributed by atoms with E-state index in [4.69, 9.17) is 15.2 Å². The number of hydrogen-bond acceptors (Lipinski definition) is 5. The third kappa shape index (κ3) is 4.53. The lowest BCUT2D eigenvalue weighted by atomic mass is 10.1. The number of nitrogens with two attached hydrogens (primary N) is 1. The summed E-state index contributed by atoms with van der Waals surface area (Å²) in [6.07, 6.45) is 4.41. The van der Waals surface area contributed by atoms with Crippen molar-refractivity contribution in [2.24, 2.45) is 5.73 Å². The number of anilines is 1. The molecule has 3 amide bonds. The fourth-order valence-corrected chi connectivity index (χ4v) is 3.35. The van der Waals surface area contributed by atoms with E-state index in [9.17, 15) is 9.59 Å². The van der Waals surface area contributed by atoms with E-state index in [1.807, 2.05) is 19.1 Å². The SMILES string of the molecule is CCc1cc(Oc2ccnc3cc(OC)c(C(N)=O)cc23)ccc1NC(=O)NC1CC1. The van der Waals surface area contributed by atoms with Crippen LogP contribution in [0.15, 0.2) is 42.6 Å². The van der Waals surface area contributed by atoms with Crippen molar-refractivity contribution in [2.45, 2.75) is 32.2 Å². The van der Waals surface area contributed by atoms with Gasteiger partial charge in [0.1, 0.15) is 17.2 Å². The molecule has 160 valence electrons. The number of benzene rings is 2. The maximum atomic E-state index is 12.1. The molecule has 1 fully saturated rings. The molecule has 1 aromatic heterocycles. The number of nitrogens with one attached hydrogen (secondary N) is 2. The molecule has 8 heteroatoms. The van der Waals surface area contributed by atoms with Gasteiger partial charge in [-0.2, -0.15) is 0 Å². The van der Waals surface area contributed by atoms with E-state index >= 15 is 0 Å². The van der Waals surface area contributed by atoms with Crippen LogP contribution in [0.2, 0.25) is 0 Å². The standard InChI is InChI=1S/C23H24N4O4/c1-3-13-10-15(6-7-18(13)27-23(29)26-14-4-5-14)31-20-8-9-25-19-12-21(30-2)17(22(24)28)11-16(19)20/h6-12,14H,3-5H2,1-2H3,(H2,24,28)(H2,26,27,29). The van der Waals surface area contributed by atoms with Crippen molar-refractivity contribution in [3.63, 3.8) is 0 Å². The molecule has 0 radical (unpaired) electrons. The van der Waals surface area contributed by atoms with Gasteiger partial charge in [-0.1, -0.05) is 6.92 Å². The van der Waals surface area contributed by atoms with E-state index in [1.54, 1.807) is 30.5 Å². The van der Waals surface area contributed by atoms with Crippen molar-refractivity contribution in [3.05, 3.63) is 53.7 Å². The normalized spacial score (nSPS) is 13.0. The molecule has 0 unspecified atom stereocenters. The van der Waals surface area contributed by atoms with Gasteiger partial charge in [0, 0.05) is 29.4 Å². The van der Waals surface area contributed by atoms with E-state index in [2.05, 4.69) is 15.6 Å². The number of rotatable bonds is 7. The van der Waals surface area contributed by atoms with Crippen molar-refractivity contribution < 1.29 is 19.1 Å². The van der Waals surface area contributed by atoms with Crippen LogP contribution < -0.4 is 25.8 Å². The Balaban J connectivity index is 1.63. The van der Waals surface area contributed by atoms with E-state index < -0.39 is 5.91 Å². The molecule has 4 rings (SSSR count). The summed E-state index contributed by atoms with van der Waals surface area (Å²) in [5, 5.41) is 6.46. The number of urea groups is 1. The number of ether oxygens (including phenoxy) is 2. The molecule has 31 heavy (non-hydrogen) atoms. The molecule has 1 heterocycles. The number of amides is 3. The molecule has 3 aromatic rings. The fourth-order valence-electron chi connectivity index (χ4n) is 3.35. The minimum Gasteiger partial charge on any atom is -0.496 e. The van der Waals surface area contributed by atoms with Gasteiger partial charge in [0.05, 0.1) is 18.2 Å². The minimum absolute atomic E-state index is 0.195. The number of primary amides is 1. The Labute approximate surface area is 179 Å². The molecular formula is C23H24N4O4. The molecule has 4 N–H and O–H groups in total. The second-order valence-electron chi connectivity index (χ2n) is 7.39. The number of fused-ring (bicyclic) bond motifs is 1. The number of aromatic nitrogens is 1. The second-order valence-corrected chi connectivity index (χ2v) is 7.39. The molecule has 0 aliphatic heterocycles. The largest absolute Gasteiger partial charge is 0.496 e. The summed E-state index contributed by atoms with van der Waals surface area (Å²) >= 11 is 0. The van der Waals surface area contributed by atoms with Crippen molar-refractivity contribution in [3.8, 4) is 17.2 Å². The summed E-state index contributed by atoms with van der Waals surface area (Å²) in [6, 6.07) is 10.6. The average molecular weight is 420 g/mol. The van der Waals surface area contributed by atoms with Crippen LogP contribution in [0.5, 0.6) is 17.2 Å². The molecular weight excluding hydrogens is 396 g/mol. The van der Waals surface area contributed by atoms with Crippen LogP contribution in [-0.4, -0.2) is 30.1 Å². The Bertz CT molecular complexity index is 1160. The molecule has 8 nitrogen and oxygen atoms in total. The number of pyridine rings is 1. The molecule has 0 bridgehead atoms. The summed E-state index contributed by atoms with van der Waals surface area (Å²) in [7, 11) is 1.47. The Morgan fingerprint density at radius 3 is 2.65 bits per heavy atom. The maximum Gasteiger partial charge on any atom is 0.319 e. The molecule has 1 saturated carbocycles. The predicted molar refractivity (Wildman–Crippen MR) is 118 cm³/mol. The van der Waals surface area contributed by atoms with E-state index in [0.717, 1.165) is 30.5 Å². The number of aryl methyl sites for hydroxylation is 1. The summed E-state index contributed by atoms with van der Waals surface area (Å²) < 4.78 is 11.4. The highest BCUT2D eigenvalue weighted by Gasteiger charge is 2.23. The van der Waals surface area contributed by atoms with Crippen LogP contribution in [0, 0.1) is 0 Å². The Morgan fingerprint density at radius 2 is 1.97 bits per heavy atom. The summed E-state index contributed by atoms with van der Waals surface area (Å²) in [4.78, 5) is 28.2. The highest BCUT2D eigenvalue weighted by Crippen LogP contribution is 2.34. The summed E-state index contributed by atoms with van der Waals surface area (Å²) in [5.41, 5.74) is 8.05. The van der Waals surface area contributed by atoms with Crippen LogP contribution >= 0.6 is 0 Å². The number of nitrogens with zero attached hydrogens (tertiary/aromatic N) is 1. The van der Waals surface area contributed by atoms with E-state index in [0.29, 0.717) is 28.2 Å². The zero-order valence-corrected chi connectivity index (χ0v) is 17.4. The van der Waals surface area contributed by atoms with Gasteiger partial charge in [-0.25, -0.2) is 4.79 Å². The highest BCUT2D eigenvalue weighted by molar-refractivity contribution is 6.01. The van der Waals surface area contributed by atoms with Crippen LogP contribution in [0.25, 0.3) is 10.9 Å². The molecule has 0 spiro atoms. The van der Waals surface area contributed by atoms with Crippen molar-refractivity contribution in [1.29, 1.82) is 0 Å². The van der Waals surface area contributed by atoms with E-state index in [-0.39, 0.29) is 17.6 Å². The quantitative estimate of drug-likeness (QED) is 0.535. The smallest absolute Gasteiger partial charge is 0.319 e. The minimum atomic E-state index is -0.596. The number of hydrogen-bond donors (Lipinski definition) is 3.